The molecule has 1 aliphatic rings. The van der Waals surface area contributed by atoms with E-state index in [0.29, 0.717) is 13.1 Å². The highest BCUT2D eigenvalue weighted by atomic mass is 32.2. The minimum absolute atomic E-state index is 0.112. The Morgan fingerprint density at radius 1 is 1.43 bits per heavy atom. The van der Waals surface area contributed by atoms with Crippen molar-refractivity contribution in [1.29, 1.82) is 0 Å². The monoisotopic (exact) mass is 313 g/mol. The summed E-state index contributed by atoms with van der Waals surface area (Å²) in [6, 6.07) is 2.73. The van der Waals surface area contributed by atoms with Crippen molar-refractivity contribution in [2.24, 2.45) is 0 Å². The highest BCUT2D eigenvalue weighted by Gasteiger charge is 2.36. The second-order valence-electron chi connectivity index (χ2n) is 5.89. The summed E-state index contributed by atoms with van der Waals surface area (Å²) in [4.78, 5) is 17.1. The SMILES string of the molecule is CC(C)(C)OC(=O)N1CC(NS(=O)(=O)c2cccnc2)C1. The van der Waals surface area contributed by atoms with Crippen LogP contribution < -0.4 is 4.72 Å². The molecule has 0 atom stereocenters. The van der Waals surface area contributed by atoms with E-state index in [1.54, 1.807) is 26.8 Å². The van der Waals surface area contributed by atoms with Gasteiger partial charge in [0.25, 0.3) is 0 Å². The fourth-order valence-corrected chi connectivity index (χ4v) is 3.00. The molecule has 0 unspecified atom stereocenters. The van der Waals surface area contributed by atoms with E-state index in [2.05, 4.69) is 9.71 Å². The molecule has 1 amide bonds. The predicted octanol–water partition coefficient (Wildman–Crippen LogP) is 0.979. The van der Waals surface area contributed by atoms with E-state index in [1.165, 1.54) is 23.4 Å². The van der Waals surface area contributed by atoms with Crippen LogP contribution in [0.4, 0.5) is 4.79 Å². The van der Waals surface area contributed by atoms with Crippen LogP contribution in [0.5, 0.6) is 0 Å². The van der Waals surface area contributed by atoms with Crippen LogP contribution in [-0.4, -0.2) is 49.1 Å². The van der Waals surface area contributed by atoms with Gasteiger partial charge in [-0.2, -0.15) is 0 Å². The number of sulfonamides is 1. The molecule has 0 bridgehead atoms. The van der Waals surface area contributed by atoms with Gasteiger partial charge in [0, 0.05) is 25.5 Å². The van der Waals surface area contributed by atoms with Gasteiger partial charge in [0.2, 0.25) is 10.0 Å². The number of hydrogen-bond donors (Lipinski definition) is 1. The van der Waals surface area contributed by atoms with E-state index >= 15 is 0 Å². The number of likely N-dealkylation sites (tertiary alicyclic amines) is 1. The molecule has 116 valence electrons. The van der Waals surface area contributed by atoms with E-state index in [-0.39, 0.29) is 10.9 Å². The van der Waals surface area contributed by atoms with Gasteiger partial charge in [0.15, 0.2) is 0 Å². The van der Waals surface area contributed by atoms with Crippen molar-refractivity contribution >= 4 is 16.1 Å². The van der Waals surface area contributed by atoms with Crippen LogP contribution in [0.3, 0.4) is 0 Å². The van der Waals surface area contributed by atoms with Crippen LogP contribution in [0.25, 0.3) is 0 Å². The van der Waals surface area contributed by atoms with Crippen LogP contribution in [0.2, 0.25) is 0 Å². The van der Waals surface area contributed by atoms with Crippen LogP contribution in [-0.2, 0) is 14.8 Å². The smallest absolute Gasteiger partial charge is 0.410 e. The molecule has 0 saturated carbocycles. The molecular formula is C13H19N3O4S. The molecule has 1 fully saturated rings. The lowest BCUT2D eigenvalue weighted by molar-refractivity contribution is 0.00738. The maximum atomic E-state index is 12.1. The third-order valence-electron chi connectivity index (χ3n) is 2.80. The summed E-state index contributed by atoms with van der Waals surface area (Å²) in [7, 11) is -3.60. The third-order valence-corrected chi connectivity index (χ3v) is 4.31. The number of carbonyl (C=O) groups is 1. The van der Waals surface area contributed by atoms with Crippen molar-refractivity contribution in [3.8, 4) is 0 Å². The Kier molecular flexibility index (Phi) is 4.20. The molecule has 1 N–H and O–H groups in total. The standard InChI is InChI=1S/C13H19N3O4S/c1-13(2,3)20-12(17)16-8-10(9-16)15-21(18,19)11-5-4-6-14-7-11/h4-7,10,15H,8-9H2,1-3H3. The lowest BCUT2D eigenvalue weighted by atomic mass is 10.1. The highest BCUT2D eigenvalue weighted by Crippen LogP contribution is 2.17. The second kappa shape index (κ2) is 5.61. The Morgan fingerprint density at radius 3 is 2.62 bits per heavy atom. The summed E-state index contributed by atoms with van der Waals surface area (Å²) in [6.07, 6.45) is 2.36. The zero-order chi connectivity index (χ0) is 15.7. The quantitative estimate of drug-likeness (QED) is 0.898. The van der Waals surface area contributed by atoms with Crippen molar-refractivity contribution in [1.82, 2.24) is 14.6 Å². The highest BCUT2D eigenvalue weighted by molar-refractivity contribution is 7.89. The van der Waals surface area contributed by atoms with Crippen molar-refractivity contribution in [3.05, 3.63) is 24.5 Å². The Bertz CT molecular complexity index is 604. The summed E-state index contributed by atoms with van der Waals surface area (Å²) >= 11 is 0. The number of ether oxygens (including phenoxy) is 1. The van der Waals surface area contributed by atoms with E-state index in [9.17, 15) is 13.2 Å². The first kappa shape index (κ1) is 15.7. The van der Waals surface area contributed by atoms with E-state index in [4.69, 9.17) is 4.74 Å². The van der Waals surface area contributed by atoms with Crippen molar-refractivity contribution < 1.29 is 17.9 Å². The number of nitrogens with one attached hydrogen (secondary N) is 1. The second-order valence-corrected chi connectivity index (χ2v) is 7.61. The van der Waals surface area contributed by atoms with Gasteiger partial charge in [-0.3, -0.25) is 4.98 Å². The van der Waals surface area contributed by atoms with Gasteiger partial charge >= 0.3 is 6.09 Å². The molecule has 0 spiro atoms. The molecule has 0 aliphatic carbocycles. The lowest BCUT2D eigenvalue weighted by Gasteiger charge is -2.39. The summed E-state index contributed by atoms with van der Waals surface area (Å²) in [6.45, 7) is 5.96. The number of pyridine rings is 1. The van der Waals surface area contributed by atoms with Gasteiger partial charge < -0.3 is 9.64 Å². The van der Waals surface area contributed by atoms with Gasteiger partial charge in [0.1, 0.15) is 10.5 Å². The van der Waals surface area contributed by atoms with Crippen LogP contribution in [0.15, 0.2) is 29.4 Å². The van der Waals surface area contributed by atoms with Gasteiger partial charge in [-0.15, -0.1) is 0 Å². The molecule has 2 heterocycles. The molecule has 7 nitrogen and oxygen atoms in total. The summed E-state index contributed by atoms with van der Waals surface area (Å²) in [5.41, 5.74) is -0.558. The number of carbonyl (C=O) groups excluding carboxylic acids is 1. The Labute approximate surface area is 124 Å². The summed E-state index contributed by atoms with van der Waals surface area (Å²) in [5, 5.41) is 0. The maximum absolute atomic E-state index is 12.1. The molecule has 1 aromatic rings. The number of amides is 1. The minimum Gasteiger partial charge on any atom is -0.444 e. The first-order valence-electron chi connectivity index (χ1n) is 6.58. The number of rotatable bonds is 3. The maximum Gasteiger partial charge on any atom is 0.410 e. The van der Waals surface area contributed by atoms with E-state index in [1.807, 2.05) is 0 Å². The Balaban J connectivity index is 1.87. The van der Waals surface area contributed by atoms with E-state index < -0.39 is 21.7 Å². The predicted molar refractivity (Wildman–Crippen MR) is 76.2 cm³/mol. The molecule has 0 aromatic carbocycles. The third kappa shape index (κ3) is 4.15. The van der Waals surface area contributed by atoms with Gasteiger partial charge in [-0.05, 0) is 32.9 Å². The molecule has 1 aromatic heterocycles. The van der Waals surface area contributed by atoms with Crippen molar-refractivity contribution in [3.63, 3.8) is 0 Å². The number of hydrogen-bond acceptors (Lipinski definition) is 5. The van der Waals surface area contributed by atoms with Gasteiger partial charge in [-0.1, -0.05) is 0 Å². The first-order chi connectivity index (χ1) is 9.67. The Morgan fingerprint density at radius 2 is 2.10 bits per heavy atom. The molecule has 21 heavy (non-hydrogen) atoms. The molecule has 1 saturated heterocycles. The fraction of sp³-hybridized carbons (Fsp3) is 0.538. The van der Waals surface area contributed by atoms with E-state index in [0.717, 1.165) is 0 Å². The van der Waals surface area contributed by atoms with Gasteiger partial charge in [0.05, 0.1) is 6.04 Å². The molecule has 1 aliphatic heterocycles. The lowest BCUT2D eigenvalue weighted by Crippen LogP contribution is -2.61. The average molecular weight is 313 g/mol. The summed E-state index contributed by atoms with van der Waals surface area (Å²) < 4.78 is 31.9. The largest absolute Gasteiger partial charge is 0.444 e. The number of aromatic nitrogens is 1. The minimum atomic E-state index is -3.60. The molecule has 0 radical (unpaired) electrons. The van der Waals surface area contributed by atoms with Crippen LogP contribution >= 0.6 is 0 Å². The van der Waals surface area contributed by atoms with Crippen LogP contribution in [0.1, 0.15) is 20.8 Å². The molecule has 8 heteroatoms. The normalized spacial score (nSPS) is 16.4. The summed E-state index contributed by atoms with van der Waals surface area (Å²) in [5.74, 6) is 0. The first-order valence-corrected chi connectivity index (χ1v) is 8.06. The number of nitrogens with zero attached hydrogens (tertiary/aromatic N) is 2. The molecule has 2 rings (SSSR count). The van der Waals surface area contributed by atoms with Gasteiger partial charge in [-0.25, -0.2) is 17.9 Å². The topological polar surface area (TPSA) is 88.6 Å². The van der Waals surface area contributed by atoms with Crippen molar-refractivity contribution in [2.45, 2.75) is 37.3 Å². The molecular weight excluding hydrogens is 294 g/mol. The van der Waals surface area contributed by atoms with Crippen molar-refractivity contribution in [2.75, 3.05) is 13.1 Å². The fourth-order valence-electron chi connectivity index (χ4n) is 1.82. The Hall–Kier alpha value is -1.67. The average Bonchev–Trinajstić information content (AvgIpc) is 2.32. The van der Waals surface area contributed by atoms with Crippen LogP contribution in [0, 0.1) is 0 Å². The zero-order valence-corrected chi connectivity index (χ0v) is 13.1. The zero-order valence-electron chi connectivity index (χ0n) is 12.2.